The van der Waals surface area contributed by atoms with Gasteiger partial charge in [0.05, 0.1) is 5.69 Å². The summed E-state index contributed by atoms with van der Waals surface area (Å²) in [5.41, 5.74) is 4.42. The molecule has 7 heteroatoms. The van der Waals surface area contributed by atoms with Gasteiger partial charge in [-0.3, -0.25) is 4.57 Å². The monoisotopic (exact) mass is 429 g/mol. The average Bonchev–Trinajstić information content (AvgIpc) is 3.44. The van der Waals surface area contributed by atoms with Crippen molar-refractivity contribution in [2.45, 2.75) is 38.0 Å². The van der Waals surface area contributed by atoms with Gasteiger partial charge >= 0.3 is 0 Å². The predicted octanol–water partition coefficient (Wildman–Crippen LogP) is 5.26. The Balaban J connectivity index is 1.51. The zero-order valence-electron chi connectivity index (χ0n) is 17.0. The van der Waals surface area contributed by atoms with Gasteiger partial charge in [0.25, 0.3) is 0 Å². The first-order valence-electron chi connectivity index (χ1n) is 10.5. The normalized spacial score (nSPS) is 17.6. The van der Waals surface area contributed by atoms with Gasteiger partial charge in [0.1, 0.15) is 11.6 Å². The van der Waals surface area contributed by atoms with E-state index < -0.39 is 0 Å². The molecule has 2 aromatic heterocycles. The van der Waals surface area contributed by atoms with Crippen molar-refractivity contribution in [3.8, 4) is 5.69 Å². The van der Waals surface area contributed by atoms with Crippen molar-refractivity contribution >= 4 is 17.2 Å². The lowest BCUT2D eigenvalue weighted by Gasteiger charge is -2.13. The molecule has 0 unspecified atom stereocenters. The van der Waals surface area contributed by atoms with Crippen LogP contribution < -0.4 is 0 Å². The van der Waals surface area contributed by atoms with E-state index in [0.29, 0.717) is 23.3 Å². The number of aromatic nitrogens is 5. The maximum atomic E-state index is 6.16. The van der Waals surface area contributed by atoms with Crippen molar-refractivity contribution in [3.05, 3.63) is 94.1 Å². The summed E-state index contributed by atoms with van der Waals surface area (Å²) in [7, 11) is 0. The molecule has 3 heterocycles. The number of halogens is 1. The second-order valence-corrected chi connectivity index (χ2v) is 8.61. The van der Waals surface area contributed by atoms with Crippen molar-refractivity contribution in [2.75, 3.05) is 0 Å². The molecule has 154 valence electrons. The zero-order valence-corrected chi connectivity index (χ0v) is 17.8. The van der Waals surface area contributed by atoms with Crippen molar-refractivity contribution in [1.29, 1.82) is 0 Å². The number of hydrogen-bond donors (Lipinski definition) is 0. The van der Waals surface area contributed by atoms with Crippen LogP contribution in [0.5, 0.6) is 0 Å². The van der Waals surface area contributed by atoms with E-state index >= 15 is 0 Å². The van der Waals surface area contributed by atoms with Crippen LogP contribution in [0.4, 0.5) is 0 Å². The van der Waals surface area contributed by atoms with E-state index in [1.54, 1.807) is 0 Å². The second-order valence-electron chi connectivity index (χ2n) is 8.18. The van der Waals surface area contributed by atoms with Gasteiger partial charge in [-0.25, -0.2) is 0 Å². The predicted molar refractivity (Wildman–Crippen MR) is 117 cm³/mol. The Morgan fingerprint density at radius 3 is 2.68 bits per heavy atom. The molecular formula is C24H20ClN5O. The molecule has 0 saturated heterocycles. The molecule has 0 amide bonds. The molecule has 1 atom stereocenters. The lowest BCUT2D eigenvalue weighted by atomic mass is 9.93. The van der Waals surface area contributed by atoms with Gasteiger partial charge in [0.15, 0.2) is 5.82 Å². The quantitative estimate of drug-likeness (QED) is 0.442. The Labute approximate surface area is 184 Å². The molecule has 0 N–H and O–H groups in total. The molecule has 2 aliphatic rings. The molecule has 31 heavy (non-hydrogen) atoms. The van der Waals surface area contributed by atoms with E-state index in [-0.39, 0.29) is 5.92 Å². The summed E-state index contributed by atoms with van der Waals surface area (Å²) in [5.74, 6) is 3.58. The molecule has 1 aliphatic heterocycles. The Hall–Kier alpha value is -3.25. The summed E-state index contributed by atoms with van der Waals surface area (Å²) in [6, 6.07) is 16.3. The molecule has 0 radical (unpaired) electrons. The first kappa shape index (κ1) is 18.5. The van der Waals surface area contributed by atoms with E-state index in [9.17, 15) is 0 Å². The topological polar surface area (TPSA) is 69.6 Å². The summed E-state index contributed by atoms with van der Waals surface area (Å²) in [4.78, 5) is 4.65. The maximum absolute atomic E-state index is 6.16. The third kappa shape index (κ3) is 3.27. The van der Waals surface area contributed by atoms with Gasteiger partial charge in [-0.15, -0.1) is 10.2 Å². The van der Waals surface area contributed by atoms with E-state index in [4.69, 9.17) is 16.1 Å². The van der Waals surface area contributed by atoms with Crippen molar-refractivity contribution in [1.82, 2.24) is 24.9 Å². The van der Waals surface area contributed by atoms with Crippen LogP contribution in [0.1, 0.15) is 59.2 Å². The minimum Gasteiger partial charge on any atom is -0.339 e. The third-order valence-corrected chi connectivity index (χ3v) is 6.21. The van der Waals surface area contributed by atoms with Crippen molar-refractivity contribution in [3.63, 3.8) is 0 Å². The molecular weight excluding hydrogens is 410 g/mol. The summed E-state index contributed by atoms with van der Waals surface area (Å²) >= 11 is 6.16. The molecule has 0 bridgehead atoms. The summed E-state index contributed by atoms with van der Waals surface area (Å²) in [6.07, 6.45) is 5.11. The van der Waals surface area contributed by atoms with Gasteiger partial charge in [-0.1, -0.05) is 53.2 Å². The van der Waals surface area contributed by atoms with Gasteiger partial charge in [-0.05, 0) is 49.1 Å². The fraction of sp³-hybridized carbons (Fsp3) is 0.250. The number of rotatable bonds is 4. The highest BCUT2D eigenvalue weighted by atomic mass is 35.5. The Bertz CT molecular complexity index is 1300. The van der Waals surface area contributed by atoms with Gasteiger partial charge in [-0.2, -0.15) is 4.98 Å². The first-order chi connectivity index (χ1) is 15.2. The van der Waals surface area contributed by atoms with E-state index in [1.807, 2.05) is 25.1 Å². The summed E-state index contributed by atoms with van der Waals surface area (Å²) in [5, 5.41) is 13.8. The summed E-state index contributed by atoms with van der Waals surface area (Å²) < 4.78 is 7.74. The summed E-state index contributed by atoms with van der Waals surface area (Å²) in [6.45, 7) is 1.98. The van der Waals surface area contributed by atoms with Crippen molar-refractivity contribution < 1.29 is 4.52 Å². The maximum Gasteiger partial charge on any atom is 0.227 e. The SMILES string of the molecule is Cc1nnc2n1-c1ccccc1C(c1ccc(Cl)cc1)=C[C@H]2Cc1nc(C2CC2)no1. The van der Waals surface area contributed by atoms with E-state index in [0.717, 1.165) is 52.7 Å². The molecule has 1 fully saturated rings. The number of allylic oxidation sites excluding steroid dienone is 1. The second kappa shape index (κ2) is 7.17. The van der Waals surface area contributed by atoms with E-state index in [1.165, 1.54) is 0 Å². The van der Waals surface area contributed by atoms with Crippen LogP contribution in [0, 0.1) is 6.92 Å². The minimum absolute atomic E-state index is 0.0632. The van der Waals surface area contributed by atoms with Crippen LogP contribution in [0.3, 0.4) is 0 Å². The number of para-hydroxylation sites is 1. The van der Waals surface area contributed by atoms with Crippen LogP contribution in [0.25, 0.3) is 11.3 Å². The molecule has 1 saturated carbocycles. The highest BCUT2D eigenvalue weighted by Crippen LogP contribution is 2.40. The third-order valence-electron chi connectivity index (χ3n) is 5.96. The molecule has 6 rings (SSSR count). The Morgan fingerprint density at radius 2 is 1.87 bits per heavy atom. The average molecular weight is 430 g/mol. The lowest BCUT2D eigenvalue weighted by Crippen LogP contribution is -2.09. The van der Waals surface area contributed by atoms with Crippen LogP contribution in [0.2, 0.25) is 5.02 Å². The Morgan fingerprint density at radius 1 is 1.06 bits per heavy atom. The van der Waals surface area contributed by atoms with Crippen molar-refractivity contribution in [2.24, 2.45) is 0 Å². The number of benzene rings is 2. The first-order valence-corrected chi connectivity index (χ1v) is 10.9. The van der Waals surface area contributed by atoms with Crippen LogP contribution >= 0.6 is 11.6 Å². The number of fused-ring (bicyclic) bond motifs is 3. The molecule has 4 aromatic rings. The molecule has 2 aromatic carbocycles. The fourth-order valence-corrected chi connectivity index (χ4v) is 4.38. The minimum atomic E-state index is -0.0632. The van der Waals surface area contributed by atoms with Crippen LogP contribution in [-0.2, 0) is 6.42 Å². The molecule has 0 spiro atoms. The highest BCUT2D eigenvalue weighted by Gasteiger charge is 2.31. The van der Waals surface area contributed by atoms with Crippen LogP contribution in [0.15, 0.2) is 59.1 Å². The number of nitrogens with zero attached hydrogens (tertiary/aromatic N) is 5. The zero-order chi connectivity index (χ0) is 20.9. The number of aryl methyl sites for hydroxylation is 1. The van der Waals surface area contributed by atoms with Gasteiger partial charge in [0, 0.05) is 28.8 Å². The standard InChI is InChI=1S/C24H20ClN5O/c1-14-27-28-24-17(13-22-26-23(29-31-22)16-6-7-16)12-20(15-8-10-18(25)11-9-15)19-4-2-3-5-21(19)30(14)24/h2-5,8-12,16-17H,6-7,13H2,1H3/t17-/m0/s1. The lowest BCUT2D eigenvalue weighted by molar-refractivity contribution is 0.368. The van der Waals surface area contributed by atoms with E-state index in [2.05, 4.69) is 61.3 Å². The fourth-order valence-electron chi connectivity index (χ4n) is 4.26. The number of hydrogen-bond acceptors (Lipinski definition) is 5. The molecule has 1 aliphatic carbocycles. The largest absolute Gasteiger partial charge is 0.339 e. The van der Waals surface area contributed by atoms with Gasteiger partial charge in [0.2, 0.25) is 5.89 Å². The van der Waals surface area contributed by atoms with Gasteiger partial charge < -0.3 is 4.52 Å². The highest BCUT2D eigenvalue weighted by molar-refractivity contribution is 6.30. The smallest absolute Gasteiger partial charge is 0.227 e. The molecule has 6 nitrogen and oxygen atoms in total. The Kier molecular flexibility index (Phi) is 4.28. The van der Waals surface area contributed by atoms with Crippen LogP contribution in [-0.4, -0.2) is 24.9 Å².